The van der Waals surface area contributed by atoms with E-state index in [1.807, 2.05) is 6.07 Å². The molecule has 0 aliphatic rings. The molecule has 0 aliphatic heterocycles. The molecule has 0 radical (unpaired) electrons. The Bertz CT molecular complexity index is 931. The second-order valence-electron chi connectivity index (χ2n) is 7.10. The lowest BCUT2D eigenvalue weighted by molar-refractivity contribution is 1.50. The van der Waals surface area contributed by atoms with Crippen molar-refractivity contribution >= 4 is 39.6 Å². The predicted molar refractivity (Wildman–Crippen MR) is 120 cm³/mol. The lowest BCUT2D eigenvalue weighted by Gasteiger charge is -2.45. The van der Waals surface area contributed by atoms with Gasteiger partial charge in [0.1, 0.15) is 6.15 Å². The van der Waals surface area contributed by atoms with Crippen LogP contribution in [0, 0.1) is 6.92 Å². The molecule has 0 N–H and O–H groups in total. The second-order valence-corrected chi connectivity index (χ2v) is 7.54. The maximum atomic E-state index is 6.50. The summed E-state index contributed by atoms with van der Waals surface area (Å²) in [5.41, 5.74) is 6.39. The number of aryl methyl sites for hydroxylation is 1. The van der Waals surface area contributed by atoms with E-state index in [0.29, 0.717) is 0 Å². The Balaban J connectivity index is 2.18. The van der Waals surface area contributed by atoms with Crippen molar-refractivity contribution in [3.05, 3.63) is 120 Å². The third kappa shape index (κ3) is 3.09. The van der Waals surface area contributed by atoms with E-state index in [-0.39, 0.29) is 0 Å². The largest absolute Gasteiger partial charge is 0.195 e. The molecule has 0 spiro atoms. The summed E-state index contributed by atoms with van der Waals surface area (Å²) in [5.74, 6) is 0. The van der Waals surface area contributed by atoms with Gasteiger partial charge < -0.3 is 0 Å². The number of benzene rings is 4. The van der Waals surface area contributed by atoms with Gasteiger partial charge in [-0.2, -0.15) is 21.9 Å². The summed E-state index contributed by atoms with van der Waals surface area (Å²) in [6.45, 7) is 2.18. The molecule has 4 rings (SSSR count). The quantitative estimate of drug-likeness (QED) is 0.478. The Morgan fingerprint density at radius 3 is 1.37 bits per heavy atom. The summed E-state index contributed by atoms with van der Waals surface area (Å²) in [7, 11) is 0. The highest BCUT2D eigenvalue weighted by Gasteiger charge is 2.32. The summed E-state index contributed by atoms with van der Waals surface area (Å²) >= 11 is 6.50. The van der Waals surface area contributed by atoms with Gasteiger partial charge in [0.25, 0.3) is 0 Å². The highest BCUT2D eigenvalue weighted by molar-refractivity contribution is 7.20. The molecule has 0 aliphatic carbocycles. The third-order valence-corrected chi connectivity index (χ3v) is 5.84. The number of hydrogen-bond acceptors (Lipinski definition) is 0. The second kappa shape index (κ2) is 7.46. The molecule has 0 aromatic heterocycles. The monoisotopic (exact) mass is 367 g/mol. The molecular formula is C25H21BCl-. The molecule has 0 amide bonds. The molecule has 4 aromatic carbocycles. The Morgan fingerprint density at radius 1 is 0.556 bits per heavy atom. The topological polar surface area (TPSA) is 0 Å². The Kier molecular flexibility index (Phi) is 4.88. The highest BCUT2D eigenvalue weighted by Crippen LogP contribution is 2.15. The summed E-state index contributed by atoms with van der Waals surface area (Å²) in [4.78, 5) is 0. The van der Waals surface area contributed by atoms with Crippen molar-refractivity contribution in [2.75, 3.05) is 0 Å². The number of rotatable bonds is 4. The van der Waals surface area contributed by atoms with Gasteiger partial charge >= 0.3 is 0 Å². The minimum Gasteiger partial charge on any atom is -0.195 e. The van der Waals surface area contributed by atoms with E-state index in [1.165, 1.54) is 27.4 Å². The lowest BCUT2D eigenvalue weighted by Crippen LogP contribution is -2.75. The van der Waals surface area contributed by atoms with Crippen molar-refractivity contribution in [3.63, 3.8) is 0 Å². The zero-order chi connectivity index (χ0) is 18.7. The first-order valence-corrected chi connectivity index (χ1v) is 9.69. The van der Waals surface area contributed by atoms with Crippen LogP contribution in [0.2, 0.25) is 5.02 Å². The van der Waals surface area contributed by atoms with Gasteiger partial charge in [-0.15, -0.1) is 0 Å². The molecule has 2 heteroatoms. The molecule has 4 aromatic rings. The third-order valence-electron chi connectivity index (χ3n) is 5.61. The zero-order valence-electron chi connectivity index (χ0n) is 15.3. The standard InChI is InChI=1S/C25H21BCl/c1-20-17-18-24(27)19-25(20)26(21-11-5-2-6-12-21,22-13-7-3-8-14-22)23-15-9-4-10-16-23/h2-19H,1H3/q-1. The molecule has 0 bridgehead atoms. The van der Waals surface area contributed by atoms with E-state index in [2.05, 4.69) is 110 Å². The summed E-state index contributed by atoms with van der Waals surface area (Å²) < 4.78 is 0. The molecule has 0 saturated carbocycles. The van der Waals surface area contributed by atoms with Gasteiger partial charge in [0.05, 0.1) is 0 Å². The Hall–Kier alpha value is -2.77. The van der Waals surface area contributed by atoms with Gasteiger partial charge in [0, 0.05) is 5.02 Å². The number of halogens is 1. The minimum absolute atomic E-state index is 0.768. The van der Waals surface area contributed by atoms with Crippen molar-refractivity contribution < 1.29 is 0 Å². The lowest BCUT2D eigenvalue weighted by atomic mass is 9.12. The molecule has 27 heavy (non-hydrogen) atoms. The molecule has 0 fully saturated rings. The highest BCUT2D eigenvalue weighted by atomic mass is 35.5. The van der Waals surface area contributed by atoms with Crippen LogP contribution in [0.1, 0.15) is 5.56 Å². The van der Waals surface area contributed by atoms with E-state index >= 15 is 0 Å². The van der Waals surface area contributed by atoms with Crippen LogP contribution in [-0.2, 0) is 0 Å². The van der Waals surface area contributed by atoms with E-state index in [4.69, 9.17) is 11.6 Å². The molecule has 0 atom stereocenters. The summed E-state index contributed by atoms with van der Waals surface area (Å²) in [6, 6.07) is 38.6. The Morgan fingerprint density at radius 2 is 0.963 bits per heavy atom. The van der Waals surface area contributed by atoms with Crippen LogP contribution < -0.4 is 21.9 Å². The first-order chi connectivity index (χ1) is 13.2. The van der Waals surface area contributed by atoms with Gasteiger partial charge in [-0.3, -0.25) is 0 Å². The average Bonchev–Trinajstić information content (AvgIpc) is 2.73. The molecule has 132 valence electrons. The van der Waals surface area contributed by atoms with E-state index in [9.17, 15) is 0 Å². The van der Waals surface area contributed by atoms with Gasteiger partial charge in [-0.1, -0.05) is 120 Å². The van der Waals surface area contributed by atoms with Crippen LogP contribution in [-0.4, -0.2) is 6.15 Å². The molecule has 0 nitrogen and oxygen atoms in total. The van der Waals surface area contributed by atoms with Gasteiger partial charge in [0.2, 0.25) is 0 Å². The van der Waals surface area contributed by atoms with Crippen LogP contribution in [0.5, 0.6) is 0 Å². The van der Waals surface area contributed by atoms with E-state index in [0.717, 1.165) is 5.02 Å². The molecule has 0 heterocycles. The summed E-state index contributed by atoms with van der Waals surface area (Å²) in [6.07, 6.45) is -1.34. The SMILES string of the molecule is Cc1ccc(Cl)cc1[B-](c1ccccc1)(c1ccccc1)c1ccccc1. The van der Waals surface area contributed by atoms with Gasteiger partial charge in [-0.05, 0) is 13.0 Å². The maximum absolute atomic E-state index is 6.50. The van der Waals surface area contributed by atoms with Crippen molar-refractivity contribution in [2.45, 2.75) is 6.92 Å². The zero-order valence-corrected chi connectivity index (χ0v) is 16.1. The van der Waals surface area contributed by atoms with E-state index < -0.39 is 6.15 Å². The predicted octanol–water partition coefficient (Wildman–Crippen LogP) is 4.03. The fourth-order valence-electron chi connectivity index (χ4n) is 4.42. The van der Waals surface area contributed by atoms with Gasteiger partial charge in [0.15, 0.2) is 0 Å². The molecule has 0 unspecified atom stereocenters. The minimum atomic E-state index is -1.34. The van der Waals surface area contributed by atoms with Crippen LogP contribution in [0.25, 0.3) is 0 Å². The van der Waals surface area contributed by atoms with Crippen molar-refractivity contribution in [3.8, 4) is 0 Å². The summed E-state index contributed by atoms with van der Waals surface area (Å²) in [5, 5.41) is 0.768. The smallest absolute Gasteiger partial charge is 0.108 e. The molecular weight excluding hydrogens is 347 g/mol. The van der Waals surface area contributed by atoms with Crippen molar-refractivity contribution in [1.29, 1.82) is 0 Å². The van der Waals surface area contributed by atoms with Crippen LogP contribution in [0.4, 0.5) is 0 Å². The Labute approximate surface area is 166 Å². The molecule has 0 saturated heterocycles. The first kappa shape index (κ1) is 17.6. The van der Waals surface area contributed by atoms with Crippen LogP contribution in [0.3, 0.4) is 0 Å². The fraction of sp³-hybridized carbons (Fsp3) is 0.0400. The maximum Gasteiger partial charge on any atom is 0.108 e. The normalized spacial score (nSPS) is 11.3. The van der Waals surface area contributed by atoms with Crippen molar-refractivity contribution in [1.82, 2.24) is 0 Å². The van der Waals surface area contributed by atoms with Crippen LogP contribution in [0.15, 0.2) is 109 Å². The van der Waals surface area contributed by atoms with Gasteiger partial charge in [-0.25, -0.2) is 0 Å². The average molecular weight is 368 g/mol. The first-order valence-electron chi connectivity index (χ1n) is 9.31. The number of hydrogen-bond donors (Lipinski definition) is 0. The van der Waals surface area contributed by atoms with E-state index in [1.54, 1.807) is 0 Å². The van der Waals surface area contributed by atoms with Crippen molar-refractivity contribution in [2.24, 2.45) is 0 Å². The fourth-order valence-corrected chi connectivity index (χ4v) is 4.60. The van der Waals surface area contributed by atoms with Crippen LogP contribution >= 0.6 is 11.6 Å².